The van der Waals surface area contributed by atoms with Crippen LogP contribution in [0.4, 0.5) is 4.39 Å². The molecule has 0 aliphatic rings. The highest BCUT2D eigenvalue weighted by Gasteiger charge is 2.08. The SMILES string of the molecule is COc1ccccc1OCc1cn(CC(=O)NCc2ccc(F)cc2)nn1. The van der Waals surface area contributed by atoms with Crippen LogP contribution in [0.15, 0.2) is 54.7 Å². The molecule has 1 amide bonds. The number of carbonyl (C=O) groups is 1. The number of amides is 1. The molecule has 0 aliphatic heterocycles. The molecule has 1 N–H and O–H groups in total. The molecule has 27 heavy (non-hydrogen) atoms. The number of methoxy groups -OCH3 is 1. The number of hydrogen-bond acceptors (Lipinski definition) is 5. The first-order chi connectivity index (χ1) is 13.1. The molecule has 0 unspecified atom stereocenters. The Morgan fingerprint density at radius 2 is 1.89 bits per heavy atom. The van der Waals surface area contributed by atoms with Crippen molar-refractivity contribution in [2.75, 3.05) is 7.11 Å². The van der Waals surface area contributed by atoms with Crippen molar-refractivity contribution in [2.24, 2.45) is 0 Å². The molecule has 8 heteroatoms. The molecule has 0 bridgehead atoms. The van der Waals surface area contributed by atoms with Crippen LogP contribution in [0.5, 0.6) is 11.5 Å². The highest BCUT2D eigenvalue weighted by molar-refractivity contribution is 5.75. The number of rotatable bonds is 8. The lowest BCUT2D eigenvalue weighted by molar-refractivity contribution is -0.122. The molecule has 3 rings (SSSR count). The van der Waals surface area contributed by atoms with Gasteiger partial charge in [-0.1, -0.05) is 29.5 Å². The second kappa shape index (κ2) is 8.79. The molecule has 0 saturated heterocycles. The quantitative estimate of drug-likeness (QED) is 0.658. The van der Waals surface area contributed by atoms with E-state index < -0.39 is 0 Å². The average Bonchev–Trinajstić information content (AvgIpc) is 3.13. The summed E-state index contributed by atoms with van der Waals surface area (Å²) < 4.78 is 25.2. The summed E-state index contributed by atoms with van der Waals surface area (Å²) in [6.07, 6.45) is 1.65. The Hall–Kier alpha value is -3.42. The van der Waals surface area contributed by atoms with Gasteiger partial charge in [-0.05, 0) is 29.8 Å². The molecule has 0 aliphatic carbocycles. The smallest absolute Gasteiger partial charge is 0.242 e. The molecule has 1 heterocycles. The number of nitrogens with one attached hydrogen (secondary N) is 1. The third kappa shape index (κ3) is 5.27. The maximum atomic E-state index is 12.9. The summed E-state index contributed by atoms with van der Waals surface area (Å²) in [6, 6.07) is 13.3. The summed E-state index contributed by atoms with van der Waals surface area (Å²) in [5.41, 5.74) is 1.40. The molecule has 0 fully saturated rings. The summed E-state index contributed by atoms with van der Waals surface area (Å²) in [5, 5.41) is 10.7. The van der Waals surface area contributed by atoms with E-state index in [2.05, 4.69) is 15.6 Å². The first-order valence-corrected chi connectivity index (χ1v) is 8.30. The van der Waals surface area contributed by atoms with Crippen molar-refractivity contribution in [2.45, 2.75) is 19.7 Å². The highest BCUT2D eigenvalue weighted by Crippen LogP contribution is 2.26. The molecule has 0 atom stereocenters. The Kier molecular flexibility index (Phi) is 5.98. The van der Waals surface area contributed by atoms with E-state index >= 15 is 0 Å². The van der Waals surface area contributed by atoms with Gasteiger partial charge in [0, 0.05) is 6.54 Å². The zero-order valence-electron chi connectivity index (χ0n) is 14.8. The number of halogens is 1. The normalized spacial score (nSPS) is 10.4. The third-order valence-electron chi connectivity index (χ3n) is 3.74. The molecule has 0 spiro atoms. The van der Waals surface area contributed by atoms with Crippen LogP contribution < -0.4 is 14.8 Å². The second-order valence-corrected chi connectivity index (χ2v) is 5.75. The number of hydrogen-bond donors (Lipinski definition) is 1. The lowest BCUT2D eigenvalue weighted by Gasteiger charge is -2.08. The molecular formula is C19H19FN4O3. The predicted octanol–water partition coefficient (Wildman–Crippen LogP) is 2.32. The summed E-state index contributed by atoms with van der Waals surface area (Å²) in [7, 11) is 1.57. The third-order valence-corrected chi connectivity index (χ3v) is 3.74. The lowest BCUT2D eigenvalue weighted by Crippen LogP contribution is -2.27. The van der Waals surface area contributed by atoms with E-state index in [1.165, 1.54) is 16.8 Å². The standard InChI is InChI=1S/C19H19FN4O3/c1-26-17-4-2-3-5-18(17)27-13-16-11-24(23-22-16)12-19(25)21-10-14-6-8-15(20)9-7-14/h2-9,11H,10,12-13H2,1H3,(H,21,25). The minimum Gasteiger partial charge on any atom is -0.493 e. The molecule has 0 saturated carbocycles. The maximum Gasteiger partial charge on any atom is 0.242 e. The van der Waals surface area contributed by atoms with Crippen LogP contribution in [-0.4, -0.2) is 28.0 Å². The molecule has 0 radical (unpaired) electrons. The summed E-state index contributed by atoms with van der Waals surface area (Å²) in [6.45, 7) is 0.554. The van der Waals surface area contributed by atoms with Crippen molar-refractivity contribution in [1.29, 1.82) is 0 Å². The van der Waals surface area contributed by atoms with E-state index in [1.54, 1.807) is 37.6 Å². The van der Waals surface area contributed by atoms with Gasteiger partial charge in [-0.2, -0.15) is 0 Å². The Morgan fingerprint density at radius 1 is 1.15 bits per heavy atom. The number of carbonyl (C=O) groups excluding carboxylic acids is 1. The van der Waals surface area contributed by atoms with Crippen LogP contribution in [0.2, 0.25) is 0 Å². The Bertz CT molecular complexity index is 896. The van der Waals surface area contributed by atoms with Crippen molar-refractivity contribution in [3.63, 3.8) is 0 Å². The van der Waals surface area contributed by atoms with Crippen LogP contribution in [0.3, 0.4) is 0 Å². The number of ether oxygens (including phenoxy) is 2. The van der Waals surface area contributed by atoms with E-state index in [0.717, 1.165) is 5.56 Å². The van der Waals surface area contributed by atoms with E-state index in [-0.39, 0.29) is 24.9 Å². The first kappa shape index (κ1) is 18.4. The number of nitrogens with zero attached hydrogens (tertiary/aromatic N) is 3. The monoisotopic (exact) mass is 370 g/mol. The van der Waals surface area contributed by atoms with Gasteiger partial charge in [0.25, 0.3) is 0 Å². The van der Waals surface area contributed by atoms with Crippen molar-refractivity contribution in [1.82, 2.24) is 20.3 Å². The summed E-state index contributed by atoms with van der Waals surface area (Å²) in [5.74, 6) is 0.702. The number of aromatic nitrogens is 3. The van der Waals surface area contributed by atoms with E-state index in [0.29, 0.717) is 23.7 Å². The van der Waals surface area contributed by atoms with Crippen molar-refractivity contribution in [3.8, 4) is 11.5 Å². The highest BCUT2D eigenvalue weighted by atomic mass is 19.1. The van der Waals surface area contributed by atoms with Crippen molar-refractivity contribution < 1.29 is 18.7 Å². The zero-order chi connectivity index (χ0) is 19.1. The van der Waals surface area contributed by atoms with Crippen molar-refractivity contribution >= 4 is 5.91 Å². The van der Waals surface area contributed by atoms with Gasteiger partial charge in [-0.15, -0.1) is 5.10 Å². The lowest BCUT2D eigenvalue weighted by atomic mass is 10.2. The number of para-hydroxylation sites is 2. The van der Waals surface area contributed by atoms with Gasteiger partial charge in [-0.25, -0.2) is 9.07 Å². The fourth-order valence-electron chi connectivity index (χ4n) is 2.38. The fraction of sp³-hybridized carbons (Fsp3) is 0.211. The van der Waals surface area contributed by atoms with E-state index in [1.807, 2.05) is 12.1 Å². The maximum absolute atomic E-state index is 12.9. The summed E-state index contributed by atoms with van der Waals surface area (Å²) in [4.78, 5) is 12.0. The fourth-order valence-corrected chi connectivity index (χ4v) is 2.38. The largest absolute Gasteiger partial charge is 0.493 e. The van der Waals surface area contributed by atoms with Gasteiger partial charge < -0.3 is 14.8 Å². The van der Waals surface area contributed by atoms with Crippen LogP contribution >= 0.6 is 0 Å². The predicted molar refractivity (Wildman–Crippen MR) is 95.6 cm³/mol. The van der Waals surface area contributed by atoms with Gasteiger partial charge in [-0.3, -0.25) is 4.79 Å². The topological polar surface area (TPSA) is 78.3 Å². The van der Waals surface area contributed by atoms with Crippen LogP contribution in [0, 0.1) is 5.82 Å². The second-order valence-electron chi connectivity index (χ2n) is 5.75. The average molecular weight is 370 g/mol. The molecule has 2 aromatic carbocycles. The van der Waals surface area contributed by atoms with E-state index in [9.17, 15) is 9.18 Å². The van der Waals surface area contributed by atoms with Gasteiger partial charge in [0.15, 0.2) is 11.5 Å². The van der Waals surface area contributed by atoms with Gasteiger partial charge in [0.2, 0.25) is 5.91 Å². The number of benzene rings is 2. The Labute approximate surface area is 155 Å². The van der Waals surface area contributed by atoms with Gasteiger partial charge >= 0.3 is 0 Å². The molecule has 7 nitrogen and oxygen atoms in total. The minimum atomic E-state index is -0.310. The van der Waals surface area contributed by atoms with Crippen LogP contribution in [0.1, 0.15) is 11.3 Å². The molecule has 3 aromatic rings. The van der Waals surface area contributed by atoms with Gasteiger partial charge in [0.05, 0.1) is 13.3 Å². The van der Waals surface area contributed by atoms with Gasteiger partial charge in [0.1, 0.15) is 24.7 Å². The van der Waals surface area contributed by atoms with Crippen LogP contribution in [0.25, 0.3) is 0 Å². The molecular weight excluding hydrogens is 351 g/mol. The van der Waals surface area contributed by atoms with Crippen LogP contribution in [-0.2, 0) is 24.5 Å². The minimum absolute atomic E-state index is 0.0306. The molecule has 140 valence electrons. The van der Waals surface area contributed by atoms with E-state index in [4.69, 9.17) is 9.47 Å². The molecule has 1 aromatic heterocycles. The Balaban J connectivity index is 1.48. The first-order valence-electron chi connectivity index (χ1n) is 8.30. The van der Waals surface area contributed by atoms with Crippen molar-refractivity contribution in [3.05, 3.63) is 71.8 Å². The zero-order valence-corrected chi connectivity index (χ0v) is 14.8. The summed E-state index contributed by atoms with van der Waals surface area (Å²) >= 11 is 0. The Morgan fingerprint density at radius 3 is 2.63 bits per heavy atom.